The first-order chi connectivity index (χ1) is 9.77. The molecule has 0 amide bonds. The van der Waals surface area contributed by atoms with E-state index in [0.29, 0.717) is 5.75 Å². The lowest BCUT2D eigenvalue weighted by molar-refractivity contribution is 0.0691. The van der Waals surface area contributed by atoms with E-state index in [-0.39, 0.29) is 11.0 Å². The highest BCUT2D eigenvalue weighted by atomic mass is 32.2. The van der Waals surface area contributed by atoms with Gasteiger partial charge in [0, 0.05) is 21.4 Å². The fraction of sp³-hybridized carbons (Fsp3) is 0.333. The van der Waals surface area contributed by atoms with Crippen molar-refractivity contribution in [2.45, 2.75) is 36.8 Å². The Morgan fingerprint density at radius 2 is 2.14 bits per heavy atom. The molecule has 1 N–H and O–H groups in total. The van der Waals surface area contributed by atoms with Crippen molar-refractivity contribution in [2.24, 2.45) is 0 Å². The van der Waals surface area contributed by atoms with Crippen molar-refractivity contribution in [3.05, 3.63) is 45.7 Å². The number of carbonyl (C=O) groups is 1. The lowest BCUT2D eigenvalue weighted by Gasteiger charge is -2.13. The average molecular weight is 325 g/mol. The summed E-state index contributed by atoms with van der Waals surface area (Å²) in [6.07, 6.45) is 0. The quantitative estimate of drug-likeness (QED) is 0.837. The Kier molecular flexibility index (Phi) is 4.68. The van der Waals surface area contributed by atoms with Crippen LogP contribution in [0.2, 0.25) is 0 Å². The topological polar surface area (TPSA) is 50.2 Å². The van der Waals surface area contributed by atoms with Crippen molar-refractivity contribution in [1.29, 1.82) is 0 Å². The molecule has 0 aliphatic carbocycles. The van der Waals surface area contributed by atoms with Gasteiger partial charge in [0.15, 0.2) is 0 Å². The molecule has 3 nitrogen and oxygen atoms in total. The third kappa shape index (κ3) is 4.04. The van der Waals surface area contributed by atoms with E-state index < -0.39 is 11.8 Å². The summed E-state index contributed by atoms with van der Waals surface area (Å²) in [6, 6.07) is 4.14. The van der Waals surface area contributed by atoms with Gasteiger partial charge in [0.2, 0.25) is 0 Å². The number of halogens is 1. The van der Waals surface area contributed by atoms with E-state index in [0.717, 1.165) is 15.6 Å². The van der Waals surface area contributed by atoms with Crippen molar-refractivity contribution in [2.75, 3.05) is 0 Å². The van der Waals surface area contributed by atoms with Crippen LogP contribution in [0.1, 0.15) is 41.8 Å². The lowest BCUT2D eigenvalue weighted by atomic mass is 9.98. The molecule has 0 radical (unpaired) electrons. The minimum absolute atomic E-state index is 0.0277. The van der Waals surface area contributed by atoms with Crippen molar-refractivity contribution in [1.82, 2.24) is 4.98 Å². The number of thioether (sulfide) groups is 1. The number of benzene rings is 1. The van der Waals surface area contributed by atoms with E-state index in [4.69, 9.17) is 5.11 Å². The van der Waals surface area contributed by atoms with Gasteiger partial charge < -0.3 is 5.11 Å². The summed E-state index contributed by atoms with van der Waals surface area (Å²) >= 11 is 3.08. The first-order valence-electron chi connectivity index (χ1n) is 6.38. The van der Waals surface area contributed by atoms with Crippen LogP contribution in [0.4, 0.5) is 4.39 Å². The standard InChI is InChI=1S/C15H16FNO2S2/c1-15(2,3)14-17-9(8-21-14)7-20-10-4-5-12(16)11(6-10)13(18)19/h4-6,8H,7H2,1-3H3,(H,18,19). The van der Waals surface area contributed by atoms with E-state index in [1.54, 1.807) is 17.4 Å². The molecule has 2 rings (SSSR count). The molecule has 0 saturated carbocycles. The first-order valence-corrected chi connectivity index (χ1v) is 8.24. The molecule has 0 spiro atoms. The summed E-state index contributed by atoms with van der Waals surface area (Å²) in [5.41, 5.74) is 0.685. The molecule has 1 aromatic heterocycles. The number of hydrogen-bond donors (Lipinski definition) is 1. The number of aromatic carboxylic acids is 1. The van der Waals surface area contributed by atoms with Gasteiger partial charge in [0.25, 0.3) is 0 Å². The minimum atomic E-state index is -1.25. The van der Waals surface area contributed by atoms with Crippen LogP contribution in [0.25, 0.3) is 0 Å². The monoisotopic (exact) mass is 325 g/mol. The van der Waals surface area contributed by atoms with E-state index in [9.17, 15) is 9.18 Å². The Morgan fingerprint density at radius 3 is 2.71 bits per heavy atom. The number of carboxylic acids is 1. The number of carboxylic acid groups (broad SMARTS) is 1. The van der Waals surface area contributed by atoms with Gasteiger partial charge in [-0.2, -0.15) is 0 Å². The maximum Gasteiger partial charge on any atom is 0.338 e. The highest BCUT2D eigenvalue weighted by Crippen LogP contribution is 2.29. The molecule has 0 unspecified atom stereocenters. The van der Waals surface area contributed by atoms with Gasteiger partial charge in [0.05, 0.1) is 16.3 Å². The predicted octanol–water partition coefficient (Wildman–Crippen LogP) is 4.57. The number of thiazole rings is 1. The van der Waals surface area contributed by atoms with Gasteiger partial charge in [-0.3, -0.25) is 0 Å². The predicted molar refractivity (Wildman–Crippen MR) is 83.7 cm³/mol. The zero-order valence-electron chi connectivity index (χ0n) is 12.0. The maximum absolute atomic E-state index is 13.3. The van der Waals surface area contributed by atoms with Crippen molar-refractivity contribution < 1.29 is 14.3 Å². The number of nitrogens with zero attached hydrogens (tertiary/aromatic N) is 1. The van der Waals surface area contributed by atoms with Gasteiger partial charge in [0.1, 0.15) is 5.82 Å². The van der Waals surface area contributed by atoms with Crippen LogP contribution in [-0.2, 0) is 11.2 Å². The van der Waals surface area contributed by atoms with E-state index in [2.05, 4.69) is 25.8 Å². The second kappa shape index (κ2) is 6.15. The summed E-state index contributed by atoms with van der Waals surface area (Å²) in [5, 5.41) is 12.0. The molecule has 0 bridgehead atoms. The highest BCUT2D eigenvalue weighted by Gasteiger charge is 2.18. The molecular formula is C15H16FNO2S2. The molecule has 0 aliphatic heterocycles. The summed E-state index contributed by atoms with van der Waals surface area (Å²) < 4.78 is 13.3. The zero-order chi connectivity index (χ0) is 15.6. The summed E-state index contributed by atoms with van der Waals surface area (Å²) in [5.74, 6) is -1.33. The van der Waals surface area contributed by atoms with E-state index in [1.807, 2.05) is 5.38 Å². The van der Waals surface area contributed by atoms with E-state index >= 15 is 0 Å². The fourth-order valence-electron chi connectivity index (χ4n) is 1.63. The van der Waals surface area contributed by atoms with Crippen LogP contribution >= 0.6 is 23.1 Å². The maximum atomic E-state index is 13.3. The van der Waals surface area contributed by atoms with Crippen molar-refractivity contribution in [3.8, 4) is 0 Å². The van der Waals surface area contributed by atoms with Gasteiger partial charge >= 0.3 is 5.97 Å². The van der Waals surface area contributed by atoms with Crippen molar-refractivity contribution >= 4 is 29.1 Å². The summed E-state index contributed by atoms with van der Waals surface area (Å²) in [6.45, 7) is 6.34. The molecule has 1 heterocycles. The molecule has 0 atom stereocenters. The second-order valence-electron chi connectivity index (χ2n) is 5.63. The van der Waals surface area contributed by atoms with Crippen LogP contribution < -0.4 is 0 Å². The van der Waals surface area contributed by atoms with Gasteiger partial charge in [-0.1, -0.05) is 20.8 Å². The van der Waals surface area contributed by atoms with Crippen LogP contribution in [-0.4, -0.2) is 16.1 Å². The summed E-state index contributed by atoms with van der Waals surface area (Å²) in [4.78, 5) is 16.2. The van der Waals surface area contributed by atoms with Crippen LogP contribution in [0.3, 0.4) is 0 Å². The molecular weight excluding hydrogens is 309 g/mol. The van der Waals surface area contributed by atoms with Crippen LogP contribution in [0.5, 0.6) is 0 Å². The lowest BCUT2D eigenvalue weighted by Crippen LogP contribution is -2.10. The summed E-state index contributed by atoms with van der Waals surface area (Å²) in [7, 11) is 0. The Morgan fingerprint density at radius 1 is 1.43 bits per heavy atom. The highest BCUT2D eigenvalue weighted by molar-refractivity contribution is 7.98. The zero-order valence-corrected chi connectivity index (χ0v) is 13.6. The third-order valence-corrected chi connectivity index (χ3v) is 5.09. The Bertz CT molecular complexity index is 662. The molecule has 2 aromatic rings. The minimum Gasteiger partial charge on any atom is -0.478 e. The van der Waals surface area contributed by atoms with Crippen LogP contribution in [0, 0.1) is 5.82 Å². The normalized spacial score (nSPS) is 11.6. The Balaban J connectivity index is 2.08. The second-order valence-corrected chi connectivity index (χ2v) is 7.54. The largest absolute Gasteiger partial charge is 0.478 e. The van der Waals surface area contributed by atoms with Gasteiger partial charge in [-0.25, -0.2) is 14.2 Å². The fourth-order valence-corrected chi connectivity index (χ4v) is 3.47. The molecule has 0 aliphatic rings. The number of rotatable bonds is 4. The molecule has 1 aromatic carbocycles. The van der Waals surface area contributed by atoms with Gasteiger partial charge in [-0.15, -0.1) is 23.1 Å². The molecule has 0 fully saturated rings. The average Bonchev–Trinajstić information content (AvgIpc) is 2.86. The number of hydrogen-bond acceptors (Lipinski definition) is 4. The molecule has 21 heavy (non-hydrogen) atoms. The van der Waals surface area contributed by atoms with E-state index in [1.165, 1.54) is 23.9 Å². The smallest absolute Gasteiger partial charge is 0.338 e. The molecule has 112 valence electrons. The number of aromatic nitrogens is 1. The molecule has 6 heteroatoms. The Labute approximate surface area is 131 Å². The van der Waals surface area contributed by atoms with Crippen LogP contribution in [0.15, 0.2) is 28.5 Å². The molecule has 0 saturated heterocycles. The van der Waals surface area contributed by atoms with Gasteiger partial charge in [-0.05, 0) is 18.2 Å². The van der Waals surface area contributed by atoms with Crippen molar-refractivity contribution in [3.63, 3.8) is 0 Å². The SMILES string of the molecule is CC(C)(C)c1nc(CSc2ccc(F)c(C(=O)O)c2)cs1. The third-order valence-electron chi connectivity index (χ3n) is 2.75. The Hall–Kier alpha value is -1.40. The first kappa shape index (κ1) is 16.0.